The van der Waals surface area contributed by atoms with E-state index in [1.807, 2.05) is 93.6 Å². The molecule has 1 atom stereocenters. The summed E-state index contributed by atoms with van der Waals surface area (Å²) < 4.78 is 0. The molecule has 1 fully saturated rings. The molecular weight excluding hydrogens is 442 g/mol. The zero-order chi connectivity index (χ0) is 24.2. The van der Waals surface area contributed by atoms with E-state index in [4.69, 9.17) is 0 Å². The number of rotatable bonds is 5. The molecule has 6 heteroatoms. The highest BCUT2D eigenvalue weighted by atomic mass is 32.2. The van der Waals surface area contributed by atoms with Crippen LogP contribution >= 0.6 is 11.8 Å². The summed E-state index contributed by atoms with van der Waals surface area (Å²) in [5, 5.41) is 12.8. The van der Waals surface area contributed by atoms with Gasteiger partial charge in [-0.25, -0.2) is 0 Å². The summed E-state index contributed by atoms with van der Waals surface area (Å²) in [6.45, 7) is 5.91. The van der Waals surface area contributed by atoms with Crippen molar-refractivity contribution in [3.8, 4) is 6.07 Å². The zero-order valence-corrected chi connectivity index (χ0v) is 20.1. The van der Waals surface area contributed by atoms with E-state index in [1.165, 1.54) is 16.7 Å². The quantitative estimate of drug-likeness (QED) is 0.387. The van der Waals surface area contributed by atoms with E-state index < -0.39 is 11.2 Å². The Labute approximate surface area is 204 Å². The van der Waals surface area contributed by atoms with Crippen molar-refractivity contribution in [1.29, 1.82) is 5.26 Å². The Morgan fingerprint density at radius 1 is 1.00 bits per heavy atom. The summed E-state index contributed by atoms with van der Waals surface area (Å²) in [6, 6.07) is 24.9. The second-order valence-corrected chi connectivity index (χ2v) is 9.49. The first-order valence-corrected chi connectivity index (χ1v) is 11.9. The van der Waals surface area contributed by atoms with Gasteiger partial charge in [0.1, 0.15) is 16.7 Å². The molecule has 0 unspecified atom stereocenters. The molecule has 0 spiro atoms. The van der Waals surface area contributed by atoms with Crippen LogP contribution < -0.4 is 10.2 Å². The lowest BCUT2D eigenvalue weighted by atomic mass is 10.1. The van der Waals surface area contributed by atoms with Crippen molar-refractivity contribution < 1.29 is 9.59 Å². The smallest absolute Gasteiger partial charge is 0.269 e. The summed E-state index contributed by atoms with van der Waals surface area (Å²) >= 11 is 1.27. The first-order valence-electron chi connectivity index (χ1n) is 11.0. The van der Waals surface area contributed by atoms with Gasteiger partial charge in [0, 0.05) is 11.4 Å². The zero-order valence-electron chi connectivity index (χ0n) is 19.3. The van der Waals surface area contributed by atoms with E-state index in [2.05, 4.69) is 11.4 Å². The molecule has 1 N–H and O–H groups in total. The Morgan fingerprint density at radius 3 is 2.38 bits per heavy atom. The number of nitrogens with one attached hydrogen (secondary N) is 1. The number of hydrogen-bond donors (Lipinski definition) is 1. The van der Waals surface area contributed by atoms with Crippen LogP contribution in [0.5, 0.6) is 0 Å². The fraction of sp³-hybridized carbons (Fsp3) is 0.179. The third-order valence-electron chi connectivity index (χ3n) is 5.91. The Bertz CT molecular complexity index is 1310. The molecule has 170 valence electrons. The molecule has 3 aromatic rings. The van der Waals surface area contributed by atoms with Crippen LogP contribution in [-0.4, -0.2) is 17.1 Å². The maximum absolute atomic E-state index is 13.5. The summed E-state index contributed by atoms with van der Waals surface area (Å²) in [4.78, 5) is 28.3. The number of nitrogens with zero attached hydrogens (tertiary/aromatic N) is 2. The Kier molecular flexibility index (Phi) is 6.85. The third kappa shape index (κ3) is 4.75. The predicted molar refractivity (Wildman–Crippen MR) is 137 cm³/mol. The molecule has 5 nitrogen and oxygen atoms in total. The third-order valence-corrected chi connectivity index (χ3v) is 7.18. The molecular formula is C28H25N3O2S. The van der Waals surface area contributed by atoms with Crippen LogP contribution in [0.2, 0.25) is 0 Å². The number of para-hydroxylation sites is 1. The summed E-state index contributed by atoms with van der Waals surface area (Å²) in [5.74, 6) is -0.664. The maximum Gasteiger partial charge on any atom is 0.269 e. The summed E-state index contributed by atoms with van der Waals surface area (Å²) in [7, 11) is 0. The molecule has 1 aliphatic heterocycles. The molecule has 3 aromatic carbocycles. The van der Waals surface area contributed by atoms with Gasteiger partial charge in [0.15, 0.2) is 0 Å². The van der Waals surface area contributed by atoms with Crippen molar-refractivity contribution in [2.75, 3.05) is 10.2 Å². The fourth-order valence-corrected chi connectivity index (χ4v) is 5.12. The van der Waals surface area contributed by atoms with Gasteiger partial charge in [-0.3, -0.25) is 14.5 Å². The van der Waals surface area contributed by atoms with Crippen LogP contribution in [0.3, 0.4) is 0 Å². The molecule has 1 aliphatic rings. The van der Waals surface area contributed by atoms with Gasteiger partial charge in [-0.05, 0) is 62.1 Å². The van der Waals surface area contributed by atoms with Gasteiger partial charge in [0.25, 0.3) is 5.91 Å². The van der Waals surface area contributed by atoms with E-state index in [9.17, 15) is 14.9 Å². The molecule has 0 saturated carbocycles. The van der Waals surface area contributed by atoms with Gasteiger partial charge >= 0.3 is 0 Å². The van der Waals surface area contributed by atoms with E-state index in [1.54, 1.807) is 0 Å². The highest BCUT2D eigenvalue weighted by Crippen LogP contribution is 2.42. The molecule has 0 radical (unpaired) electrons. The fourth-order valence-electron chi connectivity index (χ4n) is 3.81. The number of aryl methyl sites for hydroxylation is 2. The van der Waals surface area contributed by atoms with Crippen LogP contribution in [0, 0.1) is 32.1 Å². The highest BCUT2D eigenvalue weighted by Gasteiger charge is 2.40. The van der Waals surface area contributed by atoms with Gasteiger partial charge in [0.2, 0.25) is 5.91 Å². The Balaban J connectivity index is 1.72. The predicted octanol–water partition coefficient (Wildman–Crippen LogP) is 5.68. The lowest BCUT2D eigenvalue weighted by Crippen LogP contribution is -2.30. The molecule has 0 bridgehead atoms. The van der Waals surface area contributed by atoms with Crippen LogP contribution in [0.25, 0.3) is 0 Å². The molecule has 34 heavy (non-hydrogen) atoms. The monoisotopic (exact) mass is 467 g/mol. The minimum atomic E-state index is -0.525. The second-order valence-electron chi connectivity index (χ2n) is 8.30. The van der Waals surface area contributed by atoms with Crippen molar-refractivity contribution in [2.45, 2.75) is 32.4 Å². The van der Waals surface area contributed by atoms with Crippen LogP contribution in [0.4, 0.5) is 11.4 Å². The number of benzene rings is 3. The number of anilines is 2. The number of amides is 2. The van der Waals surface area contributed by atoms with Crippen molar-refractivity contribution in [3.63, 3.8) is 0 Å². The summed E-state index contributed by atoms with van der Waals surface area (Å²) in [6.07, 6.45) is 0.508. The van der Waals surface area contributed by atoms with Crippen LogP contribution in [0.15, 0.2) is 83.4 Å². The first kappa shape index (κ1) is 23.3. The minimum absolute atomic E-state index is 0.0745. The van der Waals surface area contributed by atoms with Gasteiger partial charge in [-0.15, -0.1) is 0 Å². The number of thioether (sulfide) groups is 1. The van der Waals surface area contributed by atoms with Crippen molar-refractivity contribution >= 4 is 35.0 Å². The van der Waals surface area contributed by atoms with Gasteiger partial charge in [-0.1, -0.05) is 71.9 Å². The van der Waals surface area contributed by atoms with Crippen molar-refractivity contribution in [1.82, 2.24) is 0 Å². The minimum Gasteiger partial charge on any atom is -0.321 e. The van der Waals surface area contributed by atoms with Gasteiger partial charge in [0.05, 0.1) is 5.25 Å². The highest BCUT2D eigenvalue weighted by molar-refractivity contribution is 8.05. The van der Waals surface area contributed by atoms with E-state index >= 15 is 0 Å². The van der Waals surface area contributed by atoms with E-state index in [0.29, 0.717) is 22.8 Å². The lowest BCUT2D eigenvalue weighted by molar-refractivity contribution is -0.117. The van der Waals surface area contributed by atoms with Gasteiger partial charge < -0.3 is 5.32 Å². The summed E-state index contributed by atoms with van der Waals surface area (Å²) in [5.41, 5.74) is 5.36. The number of carbonyl (C=O) groups is 2. The number of hydrogen-bond acceptors (Lipinski definition) is 4. The topological polar surface area (TPSA) is 73.2 Å². The van der Waals surface area contributed by atoms with Crippen molar-refractivity contribution in [3.05, 3.63) is 106 Å². The molecule has 1 saturated heterocycles. The molecule has 0 aromatic heterocycles. The second kappa shape index (κ2) is 9.98. The SMILES string of the molecule is Cc1ccc(C[C@H]2S/C(=C(\C#N)C(=O)Nc3cccc(C)c3C)N(c3ccccc3)C2=O)cc1. The molecule has 1 heterocycles. The largest absolute Gasteiger partial charge is 0.321 e. The molecule has 4 rings (SSSR count). The van der Waals surface area contributed by atoms with Crippen LogP contribution in [-0.2, 0) is 16.0 Å². The average Bonchev–Trinajstić information content (AvgIpc) is 3.15. The maximum atomic E-state index is 13.5. The van der Waals surface area contributed by atoms with Crippen LogP contribution in [0.1, 0.15) is 22.3 Å². The van der Waals surface area contributed by atoms with Gasteiger partial charge in [-0.2, -0.15) is 5.26 Å². The Hall–Kier alpha value is -3.82. The molecule has 2 amide bonds. The Morgan fingerprint density at radius 2 is 1.71 bits per heavy atom. The standard InChI is InChI=1S/C28H25N3O2S/c1-18-12-14-21(15-13-18)16-25-27(33)31(22-9-5-4-6-10-22)28(34-25)23(17-29)26(32)30-24-11-7-8-19(2)20(24)3/h4-15,25H,16H2,1-3H3,(H,30,32)/b28-23+/t25-/m1/s1. The normalized spacial score (nSPS) is 16.8. The first-order chi connectivity index (χ1) is 16.4. The van der Waals surface area contributed by atoms with E-state index in [-0.39, 0.29) is 11.5 Å². The number of nitriles is 1. The number of carbonyl (C=O) groups excluding carboxylic acids is 2. The average molecular weight is 468 g/mol. The lowest BCUT2D eigenvalue weighted by Gasteiger charge is -2.19. The molecule has 0 aliphatic carbocycles. The van der Waals surface area contributed by atoms with Crippen molar-refractivity contribution in [2.24, 2.45) is 0 Å². The van der Waals surface area contributed by atoms with E-state index in [0.717, 1.165) is 22.3 Å².